The molecule has 0 radical (unpaired) electrons. The molecule has 0 saturated carbocycles. The summed E-state index contributed by atoms with van der Waals surface area (Å²) in [6, 6.07) is 10.6. The standard InChI is InChI=1S/C29H32ClF3N4O4/c1-6-37-16-24(35-27(37)17(2)38)20-9-7-19(8-10-20)13-22(15-26(39)36(4)5)34-28(40)21-11-12-25(23(30)14-21)41-18(3)29(31,32)33/h7-12,14,16,18,22H,6,13,15H2,1-5H3,(H,34,40)/t18-,22+/m1/s1. The first-order valence-corrected chi connectivity index (χ1v) is 13.3. The number of amides is 2. The molecule has 0 bridgehead atoms. The van der Waals surface area contributed by atoms with Gasteiger partial charge in [0.25, 0.3) is 5.91 Å². The second-order valence-electron chi connectivity index (χ2n) is 9.80. The number of hydrogen-bond donors (Lipinski definition) is 1. The zero-order valence-corrected chi connectivity index (χ0v) is 24.1. The molecule has 0 fully saturated rings. The van der Waals surface area contributed by atoms with Crippen LogP contribution in [-0.2, 0) is 17.8 Å². The van der Waals surface area contributed by atoms with Gasteiger partial charge in [0.2, 0.25) is 5.91 Å². The van der Waals surface area contributed by atoms with Crippen molar-refractivity contribution in [3.05, 3.63) is 70.6 Å². The van der Waals surface area contributed by atoms with Crippen LogP contribution in [0.3, 0.4) is 0 Å². The van der Waals surface area contributed by atoms with E-state index in [1.54, 1.807) is 18.7 Å². The fourth-order valence-corrected chi connectivity index (χ4v) is 4.23. The average molecular weight is 593 g/mol. The van der Waals surface area contributed by atoms with Crippen molar-refractivity contribution in [1.82, 2.24) is 19.8 Å². The molecular weight excluding hydrogens is 561 g/mol. The van der Waals surface area contributed by atoms with Crippen LogP contribution in [0, 0.1) is 0 Å². The van der Waals surface area contributed by atoms with Crippen LogP contribution in [0.15, 0.2) is 48.7 Å². The number of halogens is 4. The van der Waals surface area contributed by atoms with Gasteiger partial charge in [-0.3, -0.25) is 14.4 Å². The van der Waals surface area contributed by atoms with E-state index in [1.807, 2.05) is 37.4 Å². The number of Topliss-reactive ketones (excluding diaryl/α,β-unsaturated/α-hetero) is 1. The Morgan fingerprint density at radius 3 is 2.29 bits per heavy atom. The number of rotatable bonds is 11. The average Bonchev–Trinajstić information content (AvgIpc) is 3.34. The number of ketones is 1. The number of aryl methyl sites for hydroxylation is 1. The van der Waals surface area contributed by atoms with Gasteiger partial charge < -0.3 is 19.5 Å². The van der Waals surface area contributed by atoms with Crippen molar-refractivity contribution in [3.8, 4) is 17.0 Å². The molecule has 0 saturated heterocycles. The van der Waals surface area contributed by atoms with Gasteiger partial charge in [0, 0.05) is 57.4 Å². The van der Waals surface area contributed by atoms with Gasteiger partial charge in [-0.05, 0) is 44.0 Å². The molecular formula is C29H32ClF3N4O4. The maximum atomic E-state index is 13.0. The number of carbonyl (C=O) groups excluding carboxylic acids is 3. The molecule has 1 aromatic heterocycles. The first-order chi connectivity index (χ1) is 19.2. The van der Waals surface area contributed by atoms with E-state index in [-0.39, 0.29) is 34.4 Å². The first kappa shape index (κ1) is 31.7. The number of hydrogen-bond acceptors (Lipinski definition) is 5. The third-order valence-corrected chi connectivity index (χ3v) is 6.67. The molecule has 220 valence electrons. The maximum absolute atomic E-state index is 13.0. The number of nitrogens with zero attached hydrogens (tertiary/aromatic N) is 3. The van der Waals surface area contributed by atoms with E-state index in [2.05, 4.69) is 10.3 Å². The van der Waals surface area contributed by atoms with Crippen LogP contribution in [0.25, 0.3) is 11.3 Å². The summed E-state index contributed by atoms with van der Waals surface area (Å²) in [5.41, 5.74) is 2.41. The summed E-state index contributed by atoms with van der Waals surface area (Å²) in [7, 11) is 3.22. The van der Waals surface area contributed by atoms with Crippen LogP contribution in [0.2, 0.25) is 5.02 Å². The topological polar surface area (TPSA) is 93.5 Å². The summed E-state index contributed by atoms with van der Waals surface area (Å²) in [6.45, 7) is 4.86. The number of benzene rings is 2. The summed E-state index contributed by atoms with van der Waals surface area (Å²) in [5.74, 6) is -0.690. The molecule has 8 nitrogen and oxygen atoms in total. The molecule has 3 aromatic rings. The molecule has 0 unspecified atom stereocenters. The summed E-state index contributed by atoms with van der Waals surface area (Å²) >= 11 is 6.10. The molecule has 2 amide bonds. The fraction of sp³-hybridized carbons (Fsp3) is 0.379. The van der Waals surface area contributed by atoms with Gasteiger partial charge in [-0.1, -0.05) is 35.9 Å². The van der Waals surface area contributed by atoms with Crippen LogP contribution in [0.1, 0.15) is 53.7 Å². The number of alkyl halides is 3. The Hall–Kier alpha value is -3.86. The lowest BCUT2D eigenvalue weighted by atomic mass is 10.00. The second kappa shape index (κ2) is 13.2. The van der Waals surface area contributed by atoms with Crippen LogP contribution in [0.4, 0.5) is 13.2 Å². The number of imidazole rings is 1. The Balaban J connectivity index is 1.77. The van der Waals surface area contributed by atoms with Crippen LogP contribution >= 0.6 is 11.6 Å². The van der Waals surface area contributed by atoms with Gasteiger partial charge in [0.15, 0.2) is 17.7 Å². The predicted molar refractivity (Wildman–Crippen MR) is 149 cm³/mol. The first-order valence-electron chi connectivity index (χ1n) is 12.9. The van der Waals surface area contributed by atoms with Gasteiger partial charge in [-0.25, -0.2) is 4.98 Å². The number of nitrogens with one attached hydrogen (secondary N) is 1. The van der Waals surface area contributed by atoms with Crippen molar-refractivity contribution in [2.24, 2.45) is 0 Å². The van der Waals surface area contributed by atoms with Gasteiger partial charge in [0.05, 0.1) is 10.7 Å². The Labute approximate surface area is 241 Å². The maximum Gasteiger partial charge on any atom is 0.425 e. The molecule has 3 rings (SSSR count). The fourth-order valence-electron chi connectivity index (χ4n) is 4.00. The monoisotopic (exact) mass is 592 g/mol. The molecule has 2 aromatic carbocycles. The van der Waals surface area contributed by atoms with Crippen LogP contribution in [-0.4, -0.2) is 64.5 Å². The predicted octanol–water partition coefficient (Wildman–Crippen LogP) is 5.58. The van der Waals surface area contributed by atoms with Crippen LogP contribution in [0.5, 0.6) is 5.75 Å². The quantitative estimate of drug-likeness (QED) is 0.294. The van der Waals surface area contributed by atoms with E-state index in [0.717, 1.165) is 18.1 Å². The van der Waals surface area contributed by atoms with Crippen molar-refractivity contribution < 1.29 is 32.3 Å². The zero-order chi connectivity index (χ0) is 30.5. The van der Waals surface area contributed by atoms with E-state index in [1.165, 1.54) is 30.0 Å². The normalized spacial score (nSPS) is 12.9. The summed E-state index contributed by atoms with van der Waals surface area (Å²) in [5, 5.41) is 2.69. The van der Waals surface area contributed by atoms with Gasteiger partial charge in [0.1, 0.15) is 5.75 Å². The highest BCUT2D eigenvalue weighted by molar-refractivity contribution is 6.32. The zero-order valence-electron chi connectivity index (χ0n) is 23.4. The lowest BCUT2D eigenvalue weighted by Gasteiger charge is -2.21. The van der Waals surface area contributed by atoms with Gasteiger partial charge >= 0.3 is 6.18 Å². The molecule has 1 heterocycles. The third-order valence-electron chi connectivity index (χ3n) is 6.38. The summed E-state index contributed by atoms with van der Waals surface area (Å²) in [4.78, 5) is 43.3. The van der Waals surface area contributed by atoms with E-state index >= 15 is 0 Å². The Morgan fingerprint density at radius 2 is 1.78 bits per heavy atom. The molecule has 0 aliphatic rings. The highest BCUT2D eigenvalue weighted by Crippen LogP contribution is 2.31. The van der Waals surface area contributed by atoms with E-state index in [4.69, 9.17) is 16.3 Å². The summed E-state index contributed by atoms with van der Waals surface area (Å²) in [6.07, 6.45) is -4.49. The lowest BCUT2D eigenvalue weighted by molar-refractivity contribution is -0.189. The third kappa shape index (κ3) is 8.32. The SMILES string of the molecule is CCn1cc(-c2ccc(C[C@@H](CC(=O)N(C)C)NC(=O)c3ccc(O[C@H](C)C(F)(F)F)c(Cl)c3)cc2)nc1C(C)=O. The number of ether oxygens (including phenoxy) is 1. The van der Waals surface area contributed by atoms with Crippen molar-refractivity contribution in [3.63, 3.8) is 0 Å². The van der Waals surface area contributed by atoms with Gasteiger partial charge in [-0.15, -0.1) is 0 Å². The van der Waals surface area contributed by atoms with E-state index < -0.39 is 24.2 Å². The molecule has 0 spiro atoms. The number of aromatic nitrogens is 2. The van der Waals surface area contributed by atoms with E-state index in [9.17, 15) is 27.6 Å². The highest BCUT2D eigenvalue weighted by Gasteiger charge is 2.38. The molecule has 0 aliphatic carbocycles. The minimum atomic E-state index is -4.57. The van der Waals surface area contributed by atoms with Crippen molar-refractivity contribution >= 4 is 29.2 Å². The molecule has 41 heavy (non-hydrogen) atoms. The number of carbonyl (C=O) groups is 3. The minimum absolute atomic E-state index is 0.0153. The summed E-state index contributed by atoms with van der Waals surface area (Å²) < 4.78 is 45.2. The minimum Gasteiger partial charge on any atom is -0.480 e. The van der Waals surface area contributed by atoms with Crippen molar-refractivity contribution in [2.75, 3.05) is 14.1 Å². The molecule has 2 atom stereocenters. The molecule has 1 N–H and O–H groups in total. The smallest absolute Gasteiger partial charge is 0.425 e. The molecule has 12 heteroatoms. The van der Waals surface area contributed by atoms with Gasteiger partial charge in [-0.2, -0.15) is 13.2 Å². The van der Waals surface area contributed by atoms with Crippen LogP contribution < -0.4 is 10.1 Å². The molecule has 0 aliphatic heterocycles. The second-order valence-corrected chi connectivity index (χ2v) is 10.2. The van der Waals surface area contributed by atoms with Crippen molar-refractivity contribution in [1.29, 1.82) is 0 Å². The van der Waals surface area contributed by atoms with Crippen molar-refractivity contribution in [2.45, 2.75) is 58.5 Å². The Bertz CT molecular complexity index is 1400. The Morgan fingerprint density at radius 1 is 1.12 bits per heavy atom. The highest BCUT2D eigenvalue weighted by atomic mass is 35.5. The Kier molecular flexibility index (Phi) is 10.2. The van der Waals surface area contributed by atoms with E-state index in [0.29, 0.717) is 24.5 Å². The largest absolute Gasteiger partial charge is 0.480 e. The lowest BCUT2D eigenvalue weighted by Crippen LogP contribution is -2.40.